The number of hydrogen-bond acceptors (Lipinski definition) is 9. The van der Waals surface area contributed by atoms with Gasteiger partial charge in [-0.1, -0.05) is 5.21 Å². The molecule has 2 N–H and O–H groups in total. The Morgan fingerprint density at radius 2 is 1.86 bits per heavy atom. The number of aromatic nitrogens is 7. The number of nitrogens with zero attached hydrogens (tertiary/aromatic N) is 7. The molecule has 0 atom stereocenters. The van der Waals surface area contributed by atoms with Crippen molar-refractivity contribution in [1.82, 2.24) is 34.3 Å². The van der Waals surface area contributed by atoms with Crippen molar-refractivity contribution < 1.29 is 13.9 Å². The van der Waals surface area contributed by atoms with Gasteiger partial charge in [0.2, 0.25) is 5.95 Å². The van der Waals surface area contributed by atoms with Crippen molar-refractivity contribution in [2.75, 3.05) is 20.0 Å². The summed E-state index contributed by atoms with van der Waals surface area (Å²) in [6.07, 6.45) is 5.38. The Bertz CT molecular complexity index is 1700. The normalized spacial score (nSPS) is 11.4. The molecule has 0 radical (unpaired) electrons. The fourth-order valence-electron chi connectivity index (χ4n) is 4.13. The third-order valence-corrected chi connectivity index (χ3v) is 5.79. The summed E-state index contributed by atoms with van der Waals surface area (Å²) in [5, 5.41) is 8.73. The van der Waals surface area contributed by atoms with Crippen LogP contribution in [0.5, 0.6) is 11.5 Å². The number of methoxy groups -OCH3 is 2. The molecule has 11 nitrogen and oxygen atoms in total. The zero-order valence-corrected chi connectivity index (χ0v) is 19.1. The number of benzene rings is 1. The quantitative estimate of drug-likeness (QED) is 0.402. The molecular formula is C24H20N8O3. The fraction of sp³-hybridized carbons (Fsp3) is 0.125. The molecule has 174 valence electrons. The van der Waals surface area contributed by atoms with E-state index in [9.17, 15) is 0 Å². The molecule has 11 heteroatoms. The molecule has 0 aliphatic carbocycles. The topological polar surface area (TPSA) is 131 Å². The first-order valence-electron chi connectivity index (χ1n) is 10.7. The van der Waals surface area contributed by atoms with E-state index in [1.807, 2.05) is 41.9 Å². The number of aryl methyl sites for hydroxylation is 1. The van der Waals surface area contributed by atoms with E-state index in [1.165, 1.54) is 0 Å². The lowest BCUT2D eigenvalue weighted by molar-refractivity contribution is 0.355. The highest BCUT2D eigenvalue weighted by atomic mass is 16.5. The minimum absolute atomic E-state index is 0.0687. The van der Waals surface area contributed by atoms with Crippen LogP contribution < -0.4 is 15.2 Å². The van der Waals surface area contributed by atoms with Gasteiger partial charge < -0.3 is 24.0 Å². The summed E-state index contributed by atoms with van der Waals surface area (Å²) in [5.74, 6) is 2.14. The van der Waals surface area contributed by atoms with Crippen molar-refractivity contribution in [3.8, 4) is 39.9 Å². The number of anilines is 1. The molecule has 0 amide bonds. The number of nitrogen functional groups attached to an aromatic ring is 1. The van der Waals surface area contributed by atoms with Gasteiger partial charge in [0, 0.05) is 35.8 Å². The SMILES string of the molecule is COc1cc2nnn(-c3nc(N)nc(-c4ccco4)c3-c3ccc4ncc(C)n4c3)c2cc1OC. The first-order chi connectivity index (χ1) is 17.1. The summed E-state index contributed by atoms with van der Waals surface area (Å²) in [7, 11) is 3.14. The van der Waals surface area contributed by atoms with Crippen LogP contribution in [0.1, 0.15) is 5.69 Å². The lowest BCUT2D eigenvalue weighted by atomic mass is 10.0. The van der Waals surface area contributed by atoms with Gasteiger partial charge in [0.1, 0.15) is 22.4 Å². The average Bonchev–Trinajstić information content (AvgIpc) is 3.63. The van der Waals surface area contributed by atoms with Crippen LogP contribution in [0.3, 0.4) is 0 Å². The van der Waals surface area contributed by atoms with E-state index in [-0.39, 0.29) is 5.95 Å². The molecule has 0 aliphatic heterocycles. The van der Waals surface area contributed by atoms with E-state index in [2.05, 4.69) is 25.3 Å². The average molecular weight is 468 g/mol. The van der Waals surface area contributed by atoms with Crippen molar-refractivity contribution in [1.29, 1.82) is 0 Å². The number of imidazole rings is 1. The molecule has 35 heavy (non-hydrogen) atoms. The van der Waals surface area contributed by atoms with E-state index in [0.717, 1.165) is 16.9 Å². The summed E-state index contributed by atoms with van der Waals surface area (Å²) in [5.41, 5.74) is 11.3. The first-order valence-corrected chi connectivity index (χ1v) is 10.7. The molecule has 0 unspecified atom stereocenters. The van der Waals surface area contributed by atoms with Crippen molar-refractivity contribution >= 4 is 22.6 Å². The zero-order valence-electron chi connectivity index (χ0n) is 19.1. The third kappa shape index (κ3) is 3.24. The van der Waals surface area contributed by atoms with Crippen molar-refractivity contribution in [3.05, 3.63) is 60.7 Å². The molecule has 1 aromatic carbocycles. The summed E-state index contributed by atoms with van der Waals surface area (Å²) in [6, 6.07) is 11.1. The molecule has 6 rings (SSSR count). The highest BCUT2D eigenvalue weighted by Crippen LogP contribution is 2.38. The molecule has 0 saturated carbocycles. The minimum atomic E-state index is 0.0687. The Morgan fingerprint density at radius 1 is 1.03 bits per heavy atom. The van der Waals surface area contributed by atoms with Crippen molar-refractivity contribution in [3.63, 3.8) is 0 Å². The van der Waals surface area contributed by atoms with Crippen LogP contribution in [0.2, 0.25) is 0 Å². The maximum atomic E-state index is 6.18. The number of hydrogen-bond donors (Lipinski definition) is 1. The van der Waals surface area contributed by atoms with Crippen LogP contribution in [0.15, 0.2) is 59.5 Å². The lowest BCUT2D eigenvalue weighted by Crippen LogP contribution is -2.09. The Kier molecular flexibility index (Phi) is 4.62. The van der Waals surface area contributed by atoms with E-state index >= 15 is 0 Å². The fourth-order valence-corrected chi connectivity index (χ4v) is 4.13. The molecule has 6 aromatic rings. The van der Waals surface area contributed by atoms with Gasteiger partial charge in [-0.3, -0.25) is 0 Å². The number of rotatable bonds is 5. The smallest absolute Gasteiger partial charge is 0.222 e. The van der Waals surface area contributed by atoms with Gasteiger partial charge in [-0.15, -0.1) is 5.10 Å². The number of fused-ring (bicyclic) bond motifs is 2. The van der Waals surface area contributed by atoms with Crippen LogP contribution in [-0.4, -0.2) is 48.6 Å². The molecule has 0 saturated heterocycles. The monoisotopic (exact) mass is 468 g/mol. The molecule has 5 aromatic heterocycles. The van der Waals surface area contributed by atoms with Gasteiger partial charge >= 0.3 is 0 Å². The third-order valence-electron chi connectivity index (χ3n) is 5.79. The first kappa shape index (κ1) is 20.7. The van der Waals surface area contributed by atoms with Crippen molar-refractivity contribution in [2.24, 2.45) is 0 Å². The summed E-state index contributed by atoms with van der Waals surface area (Å²) in [6.45, 7) is 1.99. The van der Waals surface area contributed by atoms with Crippen LogP contribution in [-0.2, 0) is 0 Å². The van der Waals surface area contributed by atoms with E-state index in [4.69, 9.17) is 19.6 Å². The van der Waals surface area contributed by atoms with E-state index < -0.39 is 0 Å². The second-order valence-corrected chi connectivity index (χ2v) is 7.85. The van der Waals surface area contributed by atoms with Gasteiger partial charge in [0.05, 0.1) is 26.0 Å². The van der Waals surface area contributed by atoms with E-state index in [1.54, 1.807) is 43.4 Å². The van der Waals surface area contributed by atoms with Crippen LogP contribution in [0.4, 0.5) is 5.95 Å². The number of ether oxygens (including phenoxy) is 2. The Hall–Kier alpha value is -4.93. The summed E-state index contributed by atoms with van der Waals surface area (Å²) in [4.78, 5) is 13.6. The van der Waals surface area contributed by atoms with E-state index in [0.29, 0.717) is 45.4 Å². The molecule has 5 heterocycles. The second-order valence-electron chi connectivity index (χ2n) is 7.85. The van der Waals surface area contributed by atoms with Gasteiger partial charge in [0.15, 0.2) is 23.1 Å². The maximum absolute atomic E-state index is 6.18. The predicted molar refractivity (Wildman–Crippen MR) is 129 cm³/mol. The highest BCUT2D eigenvalue weighted by molar-refractivity contribution is 5.88. The van der Waals surface area contributed by atoms with Gasteiger partial charge in [-0.25, -0.2) is 9.97 Å². The molecule has 0 aliphatic rings. The number of nitrogens with two attached hydrogens (primary N) is 1. The maximum Gasteiger partial charge on any atom is 0.222 e. The summed E-state index contributed by atoms with van der Waals surface area (Å²) < 4.78 is 20.2. The van der Waals surface area contributed by atoms with Crippen LogP contribution in [0, 0.1) is 6.92 Å². The number of furan rings is 1. The summed E-state index contributed by atoms with van der Waals surface area (Å²) >= 11 is 0. The molecule has 0 bridgehead atoms. The lowest BCUT2D eigenvalue weighted by Gasteiger charge is -2.14. The predicted octanol–water partition coefficient (Wildman–Crippen LogP) is 3.69. The van der Waals surface area contributed by atoms with Crippen LogP contribution >= 0.6 is 0 Å². The van der Waals surface area contributed by atoms with Crippen molar-refractivity contribution in [2.45, 2.75) is 6.92 Å². The Labute approximate surface area is 198 Å². The van der Waals surface area contributed by atoms with Crippen LogP contribution in [0.25, 0.3) is 45.1 Å². The molecule has 0 fully saturated rings. The highest BCUT2D eigenvalue weighted by Gasteiger charge is 2.24. The standard InChI is InChI=1S/C24H20N8O3/c1-13-11-26-20-7-6-14(12-31(13)20)21-22(17-5-4-8-35-17)27-24(25)28-23(21)32-16-10-19(34-3)18(33-2)9-15(16)29-30-32/h4-12H,1-3H3,(H2,25,27,28). The van der Waals surface area contributed by atoms with Gasteiger partial charge in [-0.2, -0.15) is 9.67 Å². The Balaban J connectivity index is 1.69. The zero-order chi connectivity index (χ0) is 24.1. The second kappa shape index (κ2) is 7.83. The van der Waals surface area contributed by atoms with Gasteiger partial charge in [0.25, 0.3) is 0 Å². The largest absolute Gasteiger partial charge is 0.493 e. The van der Waals surface area contributed by atoms with Gasteiger partial charge in [-0.05, 0) is 31.2 Å². The Morgan fingerprint density at radius 3 is 2.63 bits per heavy atom. The minimum Gasteiger partial charge on any atom is -0.493 e. The molecular weight excluding hydrogens is 448 g/mol. The molecule has 0 spiro atoms. The number of pyridine rings is 1.